The third kappa shape index (κ3) is 4.10. The van der Waals surface area contributed by atoms with Gasteiger partial charge in [0.15, 0.2) is 5.13 Å². The molecule has 7 heteroatoms. The number of fused-ring (bicyclic) bond motifs is 1. The lowest BCUT2D eigenvalue weighted by atomic mass is 10.1. The zero-order chi connectivity index (χ0) is 21.1. The van der Waals surface area contributed by atoms with Crippen LogP contribution in [0.5, 0.6) is 11.5 Å². The van der Waals surface area contributed by atoms with E-state index < -0.39 is 0 Å². The van der Waals surface area contributed by atoms with Gasteiger partial charge >= 0.3 is 0 Å². The van der Waals surface area contributed by atoms with Gasteiger partial charge in [-0.1, -0.05) is 53.3 Å². The Labute approximate surface area is 183 Å². The predicted octanol–water partition coefficient (Wildman–Crippen LogP) is 5.81. The summed E-state index contributed by atoms with van der Waals surface area (Å²) in [7, 11) is 3.15. The van der Waals surface area contributed by atoms with Gasteiger partial charge in [0, 0.05) is 11.1 Å². The van der Waals surface area contributed by atoms with Crippen molar-refractivity contribution in [1.29, 1.82) is 0 Å². The number of halogens is 1. The van der Waals surface area contributed by atoms with Crippen molar-refractivity contribution in [2.75, 3.05) is 19.1 Å². The third-order valence-electron chi connectivity index (χ3n) is 4.63. The Morgan fingerprint density at radius 3 is 2.57 bits per heavy atom. The maximum absolute atomic E-state index is 13.6. The molecular weight excluding hydrogens is 420 g/mol. The van der Waals surface area contributed by atoms with E-state index in [2.05, 4.69) is 0 Å². The molecular formula is C23H19ClN2O3S. The Morgan fingerprint density at radius 1 is 1.03 bits per heavy atom. The molecule has 0 saturated carbocycles. The van der Waals surface area contributed by atoms with Crippen LogP contribution in [-0.4, -0.2) is 25.1 Å². The standard InChI is InChI=1S/C23H19ClN2O3S/c1-28-17-9-11-21-19(13-17)25-23(30-21)26(14-15-6-4-3-5-7-15)22(27)18-12-16(24)8-10-20(18)29-2/h3-13H,14H2,1-2H3. The molecule has 0 aliphatic carbocycles. The predicted molar refractivity (Wildman–Crippen MR) is 121 cm³/mol. The fourth-order valence-corrected chi connectivity index (χ4v) is 4.24. The SMILES string of the molecule is COc1ccc2sc(N(Cc3ccccc3)C(=O)c3cc(Cl)ccc3OC)nc2c1. The Kier molecular flexibility index (Phi) is 5.88. The van der Waals surface area contributed by atoms with E-state index in [0.29, 0.717) is 28.0 Å². The number of carbonyl (C=O) groups is 1. The molecule has 0 bridgehead atoms. The molecule has 0 atom stereocenters. The lowest BCUT2D eigenvalue weighted by Crippen LogP contribution is -2.30. The Morgan fingerprint density at radius 2 is 1.83 bits per heavy atom. The van der Waals surface area contributed by atoms with Crippen molar-refractivity contribution in [3.8, 4) is 11.5 Å². The number of benzene rings is 3. The van der Waals surface area contributed by atoms with Crippen LogP contribution in [0.3, 0.4) is 0 Å². The molecule has 0 spiro atoms. The Hall–Kier alpha value is -3.09. The molecule has 1 heterocycles. The lowest BCUT2D eigenvalue weighted by molar-refractivity contribution is 0.0982. The second-order valence-electron chi connectivity index (χ2n) is 6.55. The molecule has 5 nitrogen and oxygen atoms in total. The highest BCUT2D eigenvalue weighted by molar-refractivity contribution is 7.22. The van der Waals surface area contributed by atoms with E-state index in [0.717, 1.165) is 21.5 Å². The van der Waals surface area contributed by atoms with Gasteiger partial charge in [-0.25, -0.2) is 4.98 Å². The molecule has 0 unspecified atom stereocenters. The molecule has 0 aliphatic heterocycles. The molecule has 0 N–H and O–H groups in total. The molecule has 0 fully saturated rings. The summed E-state index contributed by atoms with van der Waals surface area (Å²) in [4.78, 5) is 20.0. The number of ether oxygens (including phenoxy) is 2. The van der Waals surface area contributed by atoms with Crippen LogP contribution in [0.4, 0.5) is 5.13 Å². The van der Waals surface area contributed by atoms with Crippen molar-refractivity contribution in [1.82, 2.24) is 4.98 Å². The Balaban J connectivity index is 1.80. The van der Waals surface area contributed by atoms with E-state index in [1.807, 2.05) is 48.5 Å². The average Bonchev–Trinajstić information content (AvgIpc) is 3.20. The first-order valence-electron chi connectivity index (χ1n) is 9.23. The molecule has 4 rings (SSSR count). The summed E-state index contributed by atoms with van der Waals surface area (Å²) in [5.41, 5.74) is 2.15. The first kappa shape index (κ1) is 20.2. The highest BCUT2D eigenvalue weighted by atomic mass is 35.5. The maximum atomic E-state index is 13.6. The monoisotopic (exact) mass is 438 g/mol. The van der Waals surface area contributed by atoms with Gasteiger partial charge in [-0.05, 0) is 35.9 Å². The topological polar surface area (TPSA) is 51.7 Å². The molecule has 0 saturated heterocycles. The number of thiazole rings is 1. The maximum Gasteiger partial charge on any atom is 0.264 e. The summed E-state index contributed by atoms with van der Waals surface area (Å²) in [6.45, 7) is 0.367. The number of rotatable bonds is 6. The Bertz CT molecular complexity index is 1190. The largest absolute Gasteiger partial charge is 0.497 e. The van der Waals surface area contributed by atoms with Crippen molar-refractivity contribution in [3.63, 3.8) is 0 Å². The van der Waals surface area contributed by atoms with E-state index in [1.165, 1.54) is 18.4 Å². The van der Waals surface area contributed by atoms with Gasteiger partial charge in [0.2, 0.25) is 0 Å². The number of aromatic nitrogens is 1. The number of methoxy groups -OCH3 is 2. The summed E-state index contributed by atoms with van der Waals surface area (Å²) >= 11 is 7.62. The number of carbonyl (C=O) groups excluding carboxylic acids is 1. The van der Waals surface area contributed by atoms with Gasteiger partial charge < -0.3 is 9.47 Å². The number of hydrogen-bond acceptors (Lipinski definition) is 5. The van der Waals surface area contributed by atoms with Gasteiger partial charge in [0.1, 0.15) is 11.5 Å². The van der Waals surface area contributed by atoms with Crippen LogP contribution >= 0.6 is 22.9 Å². The highest BCUT2D eigenvalue weighted by Gasteiger charge is 2.25. The van der Waals surface area contributed by atoms with Crippen LogP contribution in [0, 0.1) is 0 Å². The first-order chi connectivity index (χ1) is 14.6. The molecule has 3 aromatic carbocycles. The smallest absolute Gasteiger partial charge is 0.264 e. The van der Waals surface area contributed by atoms with Gasteiger partial charge in [-0.2, -0.15) is 0 Å². The number of hydrogen-bond donors (Lipinski definition) is 0. The summed E-state index contributed by atoms with van der Waals surface area (Å²) in [5.74, 6) is 0.950. The molecule has 4 aromatic rings. The van der Waals surface area contributed by atoms with E-state index in [4.69, 9.17) is 26.1 Å². The van der Waals surface area contributed by atoms with E-state index in [1.54, 1.807) is 30.2 Å². The molecule has 1 amide bonds. The molecule has 0 radical (unpaired) electrons. The molecule has 0 aliphatic rings. The van der Waals surface area contributed by atoms with Gasteiger partial charge in [-0.3, -0.25) is 9.69 Å². The fourth-order valence-electron chi connectivity index (χ4n) is 3.12. The number of amides is 1. The van der Waals surface area contributed by atoms with Crippen molar-refractivity contribution in [2.24, 2.45) is 0 Å². The van der Waals surface area contributed by atoms with E-state index >= 15 is 0 Å². The van der Waals surface area contributed by atoms with Crippen LogP contribution in [0.2, 0.25) is 5.02 Å². The summed E-state index contributed by atoms with van der Waals surface area (Å²) in [6, 6.07) is 20.5. The minimum Gasteiger partial charge on any atom is -0.497 e. The van der Waals surface area contributed by atoms with Gasteiger partial charge in [0.05, 0.1) is 36.5 Å². The molecule has 30 heavy (non-hydrogen) atoms. The third-order valence-corrected chi connectivity index (χ3v) is 5.93. The van der Waals surface area contributed by atoms with Crippen molar-refractivity contribution < 1.29 is 14.3 Å². The van der Waals surface area contributed by atoms with Crippen molar-refractivity contribution in [3.05, 3.63) is 82.9 Å². The summed E-state index contributed by atoms with van der Waals surface area (Å²) in [6.07, 6.45) is 0. The quantitative estimate of drug-likeness (QED) is 0.381. The van der Waals surface area contributed by atoms with Crippen LogP contribution in [-0.2, 0) is 6.54 Å². The minimum atomic E-state index is -0.232. The van der Waals surface area contributed by atoms with Crippen molar-refractivity contribution in [2.45, 2.75) is 6.54 Å². The fraction of sp³-hybridized carbons (Fsp3) is 0.130. The zero-order valence-corrected chi connectivity index (χ0v) is 18.0. The average molecular weight is 439 g/mol. The first-order valence-corrected chi connectivity index (χ1v) is 10.4. The van der Waals surface area contributed by atoms with Crippen LogP contribution in [0.25, 0.3) is 10.2 Å². The minimum absolute atomic E-state index is 0.232. The summed E-state index contributed by atoms with van der Waals surface area (Å²) < 4.78 is 11.7. The number of nitrogens with zero attached hydrogens (tertiary/aromatic N) is 2. The van der Waals surface area contributed by atoms with Crippen LogP contribution < -0.4 is 14.4 Å². The van der Waals surface area contributed by atoms with Crippen LogP contribution in [0.1, 0.15) is 15.9 Å². The van der Waals surface area contributed by atoms with Gasteiger partial charge in [-0.15, -0.1) is 0 Å². The van der Waals surface area contributed by atoms with E-state index in [9.17, 15) is 4.79 Å². The second-order valence-corrected chi connectivity index (χ2v) is 8.00. The van der Waals surface area contributed by atoms with Crippen molar-refractivity contribution >= 4 is 44.2 Å². The molecule has 152 valence electrons. The highest BCUT2D eigenvalue weighted by Crippen LogP contribution is 2.34. The van der Waals surface area contributed by atoms with E-state index in [-0.39, 0.29) is 5.91 Å². The second kappa shape index (κ2) is 8.73. The van der Waals surface area contributed by atoms with Gasteiger partial charge in [0.25, 0.3) is 5.91 Å². The van der Waals surface area contributed by atoms with Crippen LogP contribution in [0.15, 0.2) is 66.7 Å². The molecule has 1 aromatic heterocycles. The summed E-state index contributed by atoms with van der Waals surface area (Å²) in [5, 5.41) is 1.06. The number of anilines is 1. The lowest BCUT2D eigenvalue weighted by Gasteiger charge is -2.21. The normalized spacial score (nSPS) is 10.8. The zero-order valence-electron chi connectivity index (χ0n) is 16.5.